The van der Waals surface area contributed by atoms with Crippen molar-refractivity contribution in [2.24, 2.45) is 0 Å². The predicted molar refractivity (Wildman–Crippen MR) is 108 cm³/mol. The molecule has 5 nitrogen and oxygen atoms in total. The first-order chi connectivity index (χ1) is 12.5. The number of hydrogen-bond donors (Lipinski definition) is 0. The standard InChI is InChI=1S/C21H34N2O3S/c1-17-9-11-19(12-10-17)27(24,25)22-15-6-8-18(22)16-26-23-20(2,3)13-7-14-21(23,4)5/h9-12,18H,6-8,13-16H2,1-5H3/t18-/m0/s1. The van der Waals surface area contributed by atoms with E-state index >= 15 is 0 Å². The maximum absolute atomic E-state index is 13.1. The second-order valence-corrected chi connectivity index (χ2v) is 11.2. The number of hydroxylamine groups is 2. The lowest BCUT2D eigenvalue weighted by Crippen LogP contribution is -2.59. The van der Waals surface area contributed by atoms with E-state index in [1.54, 1.807) is 16.4 Å². The zero-order valence-corrected chi connectivity index (χ0v) is 18.2. The van der Waals surface area contributed by atoms with Crippen LogP contribution in [0.15, 0.2) is 29.2 Å². The number of aryl methyl sites for hydroxylation is 1. The fourth-order valence-electron chi connectivity index (χ4n) is 4.62. The van der Waals surface area contributed by atoms with Crippen molar-refractivity contribution in [3.8, 4) is 0 Å². The van der Waals surface area contributed by atoms with E-state index in [2.05, 4.69) is 32.8 Å². The average Bonchev–Trinajstić information content (AvgIpc) is 3.03. The molecule has 2 heterocycles. The van der Waals surface area contributed by atoms with Gasteiger partial charge in [0.15, 0.2) is 0 Å². The molecule has 1 aromatic carbocycles. The van der Waals surface area contributed by atoms with Crippen molar-refractivity contribution in [3.63, 3.8) is 0 Å². The molecule has 2 saturated heterocycles. The van der Waals surface area contributed by atoms with Gasteiger partial charge in [0.25, 0.3) is 0 Å². The second-order valence-electron chi connectivity index (χ2n) is 9.29. The van der Waals surface area contributed by atoms with Gasteiger partial charge in [-0.05, 0) is 78.9 Å². The molecule has 0 unspecified atom stereocenters. The predicted octanol–water partition coefficient (Wildman–Crippen LogP) is 4.12. The molecule has 1 aromatic rings. The number of nitrogens with zero attached hydrogens (tertiary/aromatic N) is 2. The summed E-state index contributed by atoms with van der Waals surface area (Å²) in [6.45, 7) is 11.8. The second kappa shape index (κ2) is 7.47. The first-order valence-electron chi connectivity index (χ1n) is 10.1. The third-order valence-electron chi connectivity index (χ3n) is 6.02. The van der Waals surface area contributed by atoms with E-state index in [1.807, 2.05) is 19.1 Å². The highest BCUT2D eigenvalue weighted by Crippen LogP contribution is 2.39. The SMILES string of the molecule is Cc1ccc(S(=O)(=O)N2CCC[C@H]2CON2C(C)(C)CCCC2(C)C)cc1. The maximum atomic E-state index is 13.1. The molecule has 0 spiro atoms. The highest BCUT2D eigenvalue weighted by molar-refractivity contribution is 7.89. The normalized spacial score (nSPS) is 26.3. The summed E-state index contributed by atoms with van der Waals surface area (Å²) >= 11 is 0. The zero-order valence-electron chi connectivity index (χ0n) is 17.4. The molecular weight excluding hydrogens is 360 g/mol. The third kappa shape index (κ3) is 4.24. The number of benzene rings is 1. The van der Waals surface area contributed by atoms with Gasteiger partial charge in [-0.15, -0.1) is 0 Å². The van der Waals surface area contributed by atoms with Gasteiger partial charge in [-0.3, -0.25) is 4.84 Å². The molecule has 0 radical (unpaired) electrons. The molecule has 27 heavy (non-hydrogen) atoms. The van der Waals surface area contributed by atoms with Gasteiger partial charge in [-0.2, -0.15) is 9.37 Å². The van der Waals surface area contributed by atoms with Gasteiger partial charge < -0.3 is 0 Å². The van der Waals surface area contributed by atoms with Crippen LogP contribution in [0.3, 0.4) is 0 Å². The van der Waals surface area contributed by atoms with E-state index in [4.69, 9.17) is 4.84 Å². The van der Waals surface area contributed by atoms with Crippen LogP contribution in [0.4, 0.5) is 0 Å². The Morgan fingerprint density at radius 1 is 1.04 bits per heavy atom. The van der Waals surface area contributed by atoms with Crippen LogP contribution in [-0.4, -0.2) is 48.1 Å². The minimum absolute atomic E-state index is 0.0407. The molecule has 2 aliphatic heterocycles. The van der Waals surface area contributed by atoms with Crippen LogP contribution < -0.4 is 0 Å². The van der Waals surface area contributed by atoms with E-state index in [0.717, 1.165) is 31.2 Å². The summed E-state index contributed by atoms with van der Waals surface area (Å²) in [7, 11) is -3.48. The van der Waals surface area contributed by atoms with Gasteiger partial charge in [0, 0.05) is 17.6 Å². The van der Waals surface area contributed by atoms with Crippen molar-refractivity contribution < 1.29 is 13.3 Å². The Morgan fingerprint density at radius 2 is 1.63 bits per heavy atom. The average molecular weight is 395 g/mol. The Kier molecular flexibility index (Phi) is 5.75. The van der Waals surface area contributed by atoms with Crippen LogP contribution in [0, 0.1) is 6.92 Å². The molecule has 0 aliphatic carbocycles. The highest BCUT2D eigenvalue weighted by atomic mass is 32.2. The Morgan fingerprint density at radius 3 is 2.22 bits per heavy atom. The van der Waals surface area contributed by atoms with Crippen LogP contribution in [0.2, 0.25) is 0 Å². The molecule has 2 fully saturated rings. The summed E-state index contributed by atoms with van der Waals surface area (Å²) in [5.74, 6) is 0. The molecule has 3 rings (SSSR count). The van der Waals surface area contributed by atoms with E-state index in [0.29, 0.717) is 18.0 Å². The largest absolute Gasteiger partial charge is 0.296 e. The summed E-state index contributed by atoms with van der Waals surface area (Å²) in [4.78, 5) is 6.68. The zero-order chi connectivity index (χ0) is 19.9. The van der Waals surface area contributed by atoms with Crippen molar-refractivity contribution in [2.75, 3.05) is 13.2 Å². The van der Waals surface area contributed by atoms with Crippen LogP contribution in [0.5, 0.6) is 0 Å². The number of piperidine rings is 1. The Bertz CT molecular complexity index is 740. The fraction of sp³-hybridized carbons (Fsp3) is 0.714. The number of hydrogen-bond acceptors (Lipinski definition) is 4. The van der Waals surface area contributed by atoms with Gasteiger partial charge in [0.05, 0.1) is 17.5 Å². The van der Waals surface area contributed by atoms with Crippen molar-refractivity contribution >= 4 is 10.0 Å². The third-order valence-corrected chi connectivity index (χ3v) is 7.99. The monoisotopic (exact) mass is 394 g/mol. The van der Waals surface area contributed by atoms with E-state index in [1.165, 1.54) is 6.42 Å². The summed E-state index contributed by atoms with van der Waals surface area (Å²) in [5, 5.41) is 2.12. The van der Waals surface area contributed by atoms with Gasteiger partial charge in [-0.1, -0.05) is 17.7 Å². The first-order valence-corrected chi connectivity index (χ1v) is 11.5. The molecule has 0 bridgehead atoms. The molecule has 0 amide bonds. The number of sulfonamides is 1. The Balaban J connectivity index is 1.74. The van der Waals surface area contributed by atoms with Gasteiger partial charge in [0.1, 0.15) is 0 Å². The smallest absolute Gasteiger partial charge is 0.243 e. The lowest BCUT2D eigenvalue weighted by atomic mass is 9.82. The summed E-state index contributed by atoms with van der Waals surface area (Å²) in [6, 6.07) is 7.01. The Labute approximate surface area is 164 Å². The first kappa shape index (κ1) is 20.8. The van der Waals surface area contributed by atoms with E-state index < -0.39 is 10.0 Å². The van der Waals surface area contributed by atoms with Crippen LogP contribution in [0.1, 0.15) is 65.4 Å². The number of rotatable bonds is 5. The van der Waals surface area contributed by atoms with Crippen LogP contribution >= 0.6 is 0 Å². The van der Waals surface area contributed by atoms with Crippen molar-refractivity contribution in [1.82, 2.24) is 9.37 Å². The van der Waals surface area contributed by atoms with Crippen molar-refractivity contribution in [2.45, 2.75) is 88.7 Å². The molecule has 2 aliphatic rings. The van der Waals surface area contributed by atoms with Crippen molar-refractivity contribution in [1.29, 1.82) is 0 Å². The molecule has 0 aromatic heterocycles. The summed E-state index contributed by atoms with van der Waals surface area (Å²) in [5.41, 5.74) is 0.979. The molecule has 0 N–H and O–H groups in total. The fourth-order valence-corrected chi connectivity index (χ4v) is 6.30. The van der Waals surface area contributed by atoms with Gasteiger partial charge >= 0.3 is 0 Å². The van der Waals surface area contributed by atoms with Crippen LogP contribution in [-0.2, 0) is 14.9 Å². The molecule has 152 valence electrons. The maximum Gasteiger partial charge on any atom is 0.243 e. The molecule has 1 atom stereocenters. The molecular formula is C21H34N2O3S. The van der Waals surface area contributed by atoms with Crippen molar-refractivity contribution in [3.05, 3.63) is 29.8 Å². The molecule has 6 heteroatoms. The lowest BCUT2D eigenvalue weighted by Gasteiger charge is -2.51. The van der Waals surface area contributed by atoms with E-state index in [-0.39, 0.29) is 17.1 Å². The summed E-state index contributed by atoms with van der Waals surface area (Å²) in [6.07, 6.45) is 5.10. The minimum Gasteiger partial charge on any atom is -0.296 e. The van der Waals surface area contributed by atoms with E-state index in [9.17, 15) is 8.42 Å². The molecule has 0 saturated carbocycles. The quantitative estimate of drug-likeness (QED) is 0.754. The summed E-state index contributed by atoms with van der Waals surface area (Å²) < 4.78 is 27.9. The van der Waals surface area contributed by atoms with Gasteiger partial charge in [0.2, 0.25) is 10.0 Å². The lowest BCUT2D eigenvalue weighted by molar-refractivity contribution is -0.284. The Hall–Kier alpha value is -0.950. The minimum atomic E-state index is -3.48. The van der Waals surface area contributed by atoms with Gasteiger partial charge in [-0.25, -0.2) is 8.42 Å². The highest BCUT2D eigenvalue weighted by Gasteiger charge is 2.44. The topological polar surface area (TPSA) is 49.9 Å². The van der Waals surface area contributed by atoms with Crippen LogP contribution in [0.25, 0.3) is 0 Å².